The molecule has 1 fully saturated rings. The summed E-state index contributed by atoms with van der Waals surface area (Å²) in [7, 11) is 0. The van der Waals surface area contributed by atoms with E-state index in [2.05, 4.69) is 24.3 Å². The molecule has 2 aliphatic rings. The van der Waals surface area contributed by atoms with Crippen LogP contribution in [0.15, 0.2) is 60.7 Å². The number of benzene rings is 2. The number of nitrogens with zero attached hydrogens (tertiary/aromatic N) is 2. The van der Waals surface area contributed by atoms with Crippen molar-refractivity contribution in [2.45, 2.75) is 37.8 Å². The number of hydrogen-bond donors (Lipinski definition) is 2. The molecule has 1 aromatic heterocycles. The lowest BCUT2D eigenvalue weighted by molar-refractivity contribution is -0.121. The Bertz CT molecular complexity index is 1140. The van der Waals surface area contributed by atoms with Crippen molar-refractivity contribution in [3.63, 3.8) is 0 Å². The molecule has 5 rings (SSSR count). The van der Waals surface area contributed by atoms with Crippen LogP contribution in [0, 0.1) is 0 Å². The molecular formula is C26H27N3O3. The van der Waals surface area contributed by atoms with Crippen LogP contribution in [0.1, 0.15) is 31.7 Å². The predicted molar refractivity (Wildman–Crippen MR) is 124 cm³/mol. The third-order valence-electron chi connectivity index (χ3n) is 6.40. The Balaban J connectivity index is 1.63. The fourth-order valence-corrected chi connectivity index (χ4v) is 4.46. The maximum Gasteiger partial charge on any atom is 0.265 e. The number of carbonyl (C=O) groups is 1. The zero-order valence-corrected chi connectivity index (χ0v) is 18.1. The highest BCUT2D eigenvalue weighted by Crippen LogP contribution is 2.42. The average Bonchev–Trinajstić information content (AvgIpc) is 2.79. The summed E-state index contributed by atoms with van der Waals surface area (Å²) in [5.74, 6) is 0.211. The van der Waals surface area contributed by atoms with E-state index in [1.165, 1.54) is 6.42 Å². The van der Waals surface area contributed by atoms with Crippen LogP contribution in [0.2, 0.25) is 0 Å². The summed E-state index contributed by atoms with van der Waals surface area (Å²) in [6.07, 6.45) is 2.54. The van der Waals surface area contributed by atoms with Gasteiger partial charge in [-0.25, -0.2) is 4.98 Å². The minimum absolute atomic E-state index is 0.0918. The zero-order chi connectivity index (χ0) is 22.3. The SMILES string of the molecule is CC(O)CN1C(=O)COc2nc(-c3ccc(C4(N)CCC4)cc3)c(-c3ccccc3)cc21. The van der Waals surface area contributed by atoms with E-state index in [1.807, 2.05) is 36.4 Å². The normalized spacial score (nSPS) is 17.8. The molecule has 1 aliphatic carbocycles. The van der Waals surface area contributed by atoms with E-state index in [-0.39, 0.29) is 24.6 Å². The van der Waals surface area contributed by atoms with Crippen LogP contribution in [0.5, 0.6) is 5.88 Å². The van der Waals surface area contributed by atoms with E-state index in [0.717, 1.165) is 40.8 Å². The van der Waals surface area contributed by atoms with Gasteiger partial charge in [0.15, 0.2) is 6.61 Å². The molecule has 32 heavy (non-hydrogen) atoms. The van der Waals surface area contributed by atoms with E-state index in [4.69, 9.17) is 15.5 Å². The van der Waals surface area contributed by atoms with Crippen molar-refractivity contribution < 1.29 is 14.6 Å². The van der Waals surface area contributed by atoms with Crippen LogP contribution in [-0.4, -0.2) is 35.3 Å². The number of aliphatic hydroxyl groups excluding tert-OH is 1. The van der Waals surface area contributed by atoms with Crippen LogP contribution in [-0.2, 0) is 10.3 Å². The molecule has 1 unspecified atom stereocenters. The average molecular weight is 430 g/mol. The molecule has 2 aromatic carbocycles. The van der Waals surface area contributed by atoms with Crippen molar-refractivity contribution in [3.8, 4) is 28.3 Å². The summed E-state index contributed by atoms with van der Waals surface area (Å²) in [6, 6.07) is 20.2. The second-order valence-corrected chi connectivity index (χ2v) is 8.80. The number of aliphatic hydroxyl groups is 1. The highest BCUT2D eigenvalue weighted by atomic mass is 16.5. The minimum Gasteiger partial charge on any atom is -0.466 e. The number of amides is 1. The molecule has 3 aromatic rings. The quantitative estimate of drug-likeness (QED) is 0.643. The molecule has 6 heteroatoms. The number of fused-ring (bicyclic) bond motifs is 1. The number of β-amino-alcohol motifs (C(OH)–C–C–N with tert-alkyl or cyclic N) is 1. The topological polar surface area (TPSA) is 88.7 Å². The Kier molecular flexibility index (Phi) is 5.19. The van der Waals surface area contributed by atoms with Crippen LogP contribution in [0.25, 0.3) is 22.4 Å². The van der Waals surface area contributed by atoms with E-state index in [9.17, 15) is 9.90 Å². The summed E-state index contributed by atoms with van der Waals surface area (Å²) in [5, 5.41) is 9.92. The third kappa shape index (κ3) is 3.66. The molecule has 0 saturated heterocycles. The van der Waals surface area contributed by atoms with Gasteiger partial charge in [-0.05, 0) is 43.4 Å². The zero-order valence-electron chi connectivity index (χ0n) is 18.1. The number of aromatic nitrogens is 1. The molecule has 1 saturated carbocycles. The lowest BCUT2D eigenvalue weighted by Crippen LogP contribution is -2.43. The second-order valence-electron chi connectivity index (χ2n) is 8.80. The van der Waals surface area contributed by atoms with Gasteiger partial charge in [0.2, 0.25) is 5.88 Å². The van der Waals surface area contributed by atoms with Gasteiger partial charge in [0.1, 0.15) is 5.69 Å². The van der Waals surface area contributed by atoms with Gasteiger partial charge >= 0.3 is 0 Å². The van der Waals surface area contributed by atoms with Crippen molar-refractivity contribution >= 4 is 11.6 Å². The van der Waals surface area contributed by atoms with Gasteiger partial charge in [0.25, 0.3) is 5.91 Å². The van der Waals surface area contributed by atoms with Gasteiger partial charge in [0.05, 0.1) is 18.3 Å². The first-order chi connectivity index (χ1) is 15.4. The lowest BCUT2D eigenvalue weighted by atomic mass is 9.72. The Morgan fingerprint density at radius 1 is 1.12 bits per heavy atom. The first kappa shape index (κ1) is 20.7. The highest BCUT2D eigenvalue weighted by molar-refractivity contribution is 5.99. The summed E-state index contributed by atoms with van der Waals surface area (Å²) in [4.78, 5) is 18.9. The third-order valence-corrected chi connectivity index (χ3v) is 6.40. The van der Waals surface area contributed by atoms with Crippen LogP contribution in [0.3, 0.4) is 0 Å². The molecule has 3 N–H and O–H groups in total. The number of hydrogen-bond acceptors (Lipinski definition) is 5. The number of ether oxygens (including phenoxy) is 1. The van der Waals surface area contributed by atoms with Crippen LogP contribution >= 0.6 is 0 Å². The first-order valence-electron chi connectivity index (χ1n) is 11.1. The van der Waals surface area contributed by atoms with Crippen molar-refractivity contribution in [2.75, 3.05) is 18.1 Å². The molecule has 0 radical (unpaired) electrons. The largest absolute Gasteiger partial charge is 0.466 e. The molecule has 1 aliphatic heterocycles. The molecule has 0 bridgehead atoms. The van der Waals surface area contributed by atoms with Gasteiger partial charge in [-0.1, -0.05) is 54.6 Å². The first-order valence-corrected chi connectivity index (χ1v) is 11.1. The minimum atomic E-state index is -0.660. The maximum atomic E-state index is 12.5. The van der Waals surface area contributed by atoms with E-state index >= 15 is 0 Å². The van der Waals surface area contributed by atoms with Gasteiger partial charge in [0, 0.05) is 16.7 Å². The second kappa shape index (κ2) is 8.04. The molecular weight excluding hydrogens is 402 g/mol. The van der Waals surface area contributed by atoms with Gasteiger partial charge in [-0.15, -0.1) is 0 Å². The van der Waals surface area contributed by atoms with Gasteiger partial charge in [-0.2, -0.15) is 0 Å². The fraction of sp³-hybridized carbons (Fsp3) is 0.308. The van der Waals surface area contributed by atoms with Crippen LogP contribution < -0.4 is 15.4 Å². The van der Waals surface area contributed by atoms with Crippen LogP contribution in [0.4, 0.5) is 5.69 Å². The number of rotatable bonds is 5. The van der Waals surface area contributed by atoms with E-state index in [0.29, 0.717) is 11.6 Å². The Labute approximate surface area is 187 Å². The molecule has 6 nitrogen and oxygen atoms in total. The molecule has 0 spiro atoms. The summed E-state index contributed by atoms with van der Waals surface area (Å²) >= 11 is 0. The standard InChI is InChI=1S/C26H27N3O3/c1-17(30)15-29-22-14-21(18-6-3-2-4-7-18)24(28-25(22)32-16-23(29)31)19-8-10-20(11-9-19)26(27)12-5-13-26/h2-4,6-11,14,17,30H,5,12-13,15-16,27H2,1H3. The van der Waals surface area contributed by atoms with Crippen molar-refractivity contribution in [1.29, 1.82) is 0 Å². The summed E-state index contributed by atoms with van der Waals surface area (Å²) in [5.41, 5.74) is 11.7. The van der Waals surface area contributed by atoms with E-state index < -0.39 is 6.10 Å². The molecule has 2 heterocycles. The predicted octanol–water partition coefficient (Wildman–Crippen LogP) is 3.86. The monoisotopic (exact) mass is 429 g/mol. The van der Waals surface area contributed by atoms with Gasteiger partial charge < -0.3 is 20.5 Å². The number of carbonyl (C=O) groups excluding carboxylic acids is 1. The molecule has 1 atom stereocenters. The van der Waals surface area contributed by atoms with Crippen molar-refractivity contribution in [1.82, 2.24) is 4.98 Å². The van der Waals surface area contributed by atoms with Gasteiger partial charge in [-0.3, -0.25) is 4.79 Å². The lowest BCUT2D eigenvalue weighted by Gasteiger charge is -2.38. The smallest absolute Gasteiger partial charge is 0.265 e. The Morgan fingerprint density at radius 2 is 1.84 bits per heavy atom. The molecule has 1 amide bonds. The number of pyridine rings is 1. The van der Waals surface area contributed by atoms with Crippen molar-refractivity contribution in [2.24, 2.45) is 5.73 Å². The Hall–Kier alpha value is -3.22. The fourth-order valence-electron chi connectivity index (χ4n) is 4.46. The Morgan fingerprint density at radius 3 is 2.47 bits per heavy atom. The number of nitrogens with two attached hydrogens (primary N) is 1. The van der Waals surface area contributed by atoms with Crippen molar-refractivity contribution in [3.05, 3.63) is 66.2 Å². The van der Waals surface area contributed by atoms with E-state index in [1.54, 1.807) is 11.8 Å². The summed E-state index contributed by atoms with van der Waals surface area (Å²) in [6.45, 7) is 1.76. The maximum absolute atomic E-state index is 12.5. The highest BCUT2D eigenvalue weighted by Gasteiger charge is 2.34. The summed E-state index contributed by atoms with van der Waals surface area (Å²) < 4.78 is 5.70. The molecule has 164 valence electrons. The number of anilines is 1.